The lowest BCUT2D eigenvalue weighted by molar-refractivity contribution is -0.143. The maximum absolute atomic E-state index is 11.4. The molecule has 0 saturated carbocycles. The monoisotopic (exact) mass is 259 g/mol. The zero-order chi connectivity index (χ0) is 13.7. The number of rotatable bonds is 6. The lowest BCUT2D eigenvalue weighted by Crippen LogP contribution is -2.33. The number of likely N-dealkylation sites (N-methyl/N-ethyl adjacent to an activating group) is 1. The predicted octanol–water partition coefficient (Wildman–Crippen LogP) is 1.64. The van der Waals surface area contributed by atoms with Crippen LogP contribution < -0.4 is 0 Å². The van der Waals surface area contributed by atoms with Crippen LogP contribution in [0.5, 0.6) is 0 Å². The molecule has 5 heteroatoms. The predicted molar refractivity (Wildman–Crippen MR) is 71.7 cm³/mol. The molecule has 0 amide bonds. The van der Waals surface area contributed by atoms with Crippen molar-refractivity contribution in [1.29, 1.82) is 0 Å². The maximum atomic E-state index is 11.4. The van der Waals surface area contributed by atoms with Crippen molar-refractivity contribution in [2.75, 3.05) is 13.6 Å². The van der Waals surface area contributed by atoms with E-state index in [4.69, 9.17) is 0 Å². The molecule has 0 fully saturated rings. The number of aliphatic carboxylic acids is 1. The minimum absolute atomic E-state index is 0.619. The average molecular weight is 259 g/mol. The Hall–Kier alpha value is -2.14. The fourth-order valence-corrected chi connectivity index (χ4v) is 2.04. The van der Waals surface area contributed by atoms with E-state index in [0.29, 0.717) is 13.1 Å². The SMILES string of the molecule is CN(CCn1cccn1)C(C(=O)O)c1ccccc1. The fraction of sp³-hybridized carbons (Fsp3) is 0.286. The third kappa shape index (κ3) is 3.42. The van der Waals surface area contributed by atoms with Crippen LogP contribution >= 0.6 is 0 Å². The molecule has 1 unspecified atom stereocenters. The second-order valence-electron chi connectivity index (χ2n) is 4.40. The van der Waals surface area contributed by atoms with Gasteiger partial charge in [-0.3, -0.25) is 14.4 Å². The highest BCUT2D eigenvalue weighted by Gasteiger charge is 2.24. The summed E-state index contributed by atoms with van der Waals surface area (Å²) in [6.45, 7) is 1.29. The smallest absolute Gasteiger partial charge is 0.325 e. The largest absolute Gasteiger partial charge is 0.480 e. The summed E-state index contributed by atoms with van der Waals surface area (Å²) < 4.78 is 1.79. The molecule has 1 heterocycles. The van der Waals surface area contributed by atoms with Gasteiger partial charge in [0.1, 0.15) is 6.04 Å². The van der Waals surface area contributed by atoms with Crippen molar-refractivity contribution in [3.05, 3.63) is 54.4 Å². The quantitative estimate of drug-likeness (QED) is 0.856. The summed E-state index contributed by atoms with van der Waals surface area (Å²) in [5, 5.41) is 13.5. The van der Waals surface area contributed by atoms with Gasteiger partial charge in [0.05, 0.1) is 6.54 Å². The first-order chi connectivity index (χ1) is 9.18. The third-order valence-electron chi connectivity index (χ3n) is 3.03. The molecule has 1 atom stereocenters. The van der Waals surface area contributed by atoms with E-state index in [9.17, 15) is 9.90 Å². The molecule has 0 spiro atoms. The number of carboxylic acids is 1. The molecule has 2 aromatic rings. The molecule has 0 aliphatic rings. The first kappa shape index (κ1) is 13.3. The molecule has 0 aliphatic heterocycles. The van der Waals surface area contributed by atoms with Gasteiger partial charge in [0.25, 0.3) is 0 Å². The number of benzene rings is 1. The van der Waals surface area contributed by atoms with E-state index in [0.717, 1.165) is 5.56 Å². The van der Waals surface area contributed by atoms with Gasteiger partial charge < -0.3 is 5.11 Å². The Morgan fingerprint density at radius 2 is 2.11 bits per heavy atom. The molecule has 19 heavy (non-hydrogen) atoms. The number of hydrogen-bond donors (Lipinski definition) is 1. The van der Waals surface area contributed by atoms with Gasteiger partial charge in [-0.15, -0.1) is 0 Å². The molecule has 0 saturated heterocycles. The van der Waals surface area contributed by atoms with Crippen LogP contribution in [0.4, 0.5) is 0 Å². The number of aromatic nitrogens is 2. The first-order valence-electron chi connectivity index (χ1n) is 6.14. The van der Waals surface area contributed by atoms with Gasteiger partial charge in [-0.25, -0.2) is 0 Å². The molecule has 0 radical (unpaired) electrons. The molecule has 1 aromatic carbocycles. The lowest BCUT2D eigenvalue weighted by atomic mass is 10.1. The Morgan fingerprint density at radius 3 is 2.68 bits per heavy atom. The fourth-order valence-electron chi connectivity index (χ4n) is 2.04. The maximum Gasteiger partial charge on any atom is 0.325 e. The van der Waals surface area contributed by atoms with Gasteiger partial charge in [-0.2, -0.15) is 5.10 Å². The van der Waals surface area contributed by atoms with Crippen molar-refractivity contribution < 1.29 is 9.90 Å². The molecule has 1 aromatic heterocycles. The number of hydrogen-bond acceptors (Lipinski definition) is 3. The Kier molecular flexibility index (Phi) is 4.30. The zero-order valence-corrected chi connectivity index (χ0v) is 10.8. The number of carbonyl (C=O) groups is 1. The van der Waals surface area contributed by atoms with Crippen LogP contribution in [0.25, 0.3) is 0 Å². The highest BCUT2D eigenvalue weighted by Crippen LogP contribution is 2.19. The summed E-state index contributed by atoms with van der Waals surface area (Å²) in [6.07, 6.45) is 3.58. The average Bonchev–Trinajstić information content (AvgIpc) is 2.90. The van der Waals surface area contributed by atoms with Crippen LogP contribution in [0.1, 0.15) is 11.6 Å². The Labute approximate surface area is 112 Å². The number of nitrogens with zero attached hydrogens (tertiary/aromatic N) is 3. The second kappa shape index (κ2) is 6.15. The molecular formula is C14H17N3O2. The van der Waals surface area contributed by atoms with Crippen LogP contribution in [0.2, 0.25) is 0 Å². The van der Waals surface area contributed by atoms with Crippen molar-refractivity contribution in [2.24, 2.45) is 0 Å². The molecule has 1 N–H and O–H groups in total. The minimum Gasteiger partial charge on any atom is -0.480 e. The Morgan fingerprint density at radius 1 is 1.37 bits per heavy atom. The highest BCUT2D eigenvalue weighted by molar-refractivity contribution is 5.75. The Bertz CT molecular complexity index is 511. The van der Waals surface area contributed by atoms with Crippen molar-refractivity contribution in [2.45, 2.75) is 12.6 Å². The van der Waals surface area contributed by atoms with Crippen molar-refractivity contribution in [1.82, 2.24) is 14.7 Å². The van der Waals surface area contributed by atoms with E-state index in [1.807, 2.05) is 54.5 Å². The van der Waals surface area contributed by atoms with E-state index in [1.54, 1.807) is 10.9 Å². The van der Waals surface area contributed by atoms with Crippen LogP contribution in [-0.2, 0) is 11.3 Å². The van der Waals surface area contributed by atoms with E-state index >= 15 is 0 Å². The summed E-state index contributed by atoms with van der Waals surface area (Å²) in [5.41, 5.74) is 0.790. The molecule has 0 bridgehead atoms. The van der Waals surface area contributed by atoms with Crippen molar-refractivity contribution in [3.8, 4) is 0 Å². The van der Waals surface area contributed by atoms with Crippen LogP contribution in [0, 0.1) is 0 Å². The van der Waals surface area contributed by atoms with E-state index in [-0.39, 0.29) is 0 Å². The lowest BCUT2D eigenvalue weighted by Gasteiger charge is -2.24. The van der Waals surface area contributed by atoms with Gasteiger partial charge in [0, 0.05) is 18.9 Å². The van der Waals surface area contributed by atoms with E-state index in [1.165, 1.54) is 0 Å². The standard InChI is InChI=1S/C14H17N3O2/c1-16(10-11-17-9-5-8-15-17)13(14(18)19)12-6-3-2-4-7-12/h2-9,13H,10-11H2,1H3,(H,18,19). The van der Waals surface area contributed by atoms with Crippen molar-refractivity contribution in [3.63, 3.8) is 0 Å². The Balaban J connectivity index is 2.05. The van der Waals surface area contributed by atoms with Gasteiger partial charge in [0.2, 0.25) is 0 Å². The van der Waals surface area contributed by atoms with Crippen LogP contribution in [0.15, 0.2) is 48.8 Å². The van der Waals surface area contributed by atoms with Gasteiger partial charge in [0.15, 0.2) is 0 Å². The number of carboxylic acid groups (broad SMARTS) is 1. The first-order valence-corrected chi connectivity index (χ1v) is 6.14. The normalized spacial score (nSPS) is 12.5. The van der Waals surface area contributed by atoms with E-state index < -0.39 is 12.0 Å². The summed E-state index contributed by atoms with van der Waals surface area (Å²) in [5.74, 6) is -0.839. The summed E-state index contributed by atoms with van der Waals surface area (Å²) >= 11 is 0. The van der Waals surface area contributed by atoms with Gasteiger partial charge in [-0.05, 0) is 18.7 Å². The summed E-state index contributed by atoms with van der Waals surface area (Å²) in [4.78, 5) is 13.3. The van der Waals surface area contributed by atoms with Gasteiger partial charge >= 0.3 is 5.97 Å². The topological polar surface area (TPSA) is 58.4 Å². The zero-order valence-electron chi connectivity index (χ0n) is 10.8. The molecule has 0 aliphatic carbocycles. The minimum atomic E-state index is -0.839. The molecule has 100 valence electrons. The molecular weight excluding hydrogens is 242 g/mol. The van der Waals surface area contributed by atoms with Gasteiger partial charge in [-0.1, -0.05) is 30.3 Å². The highest BCUT2D eigenvalue weighted by atomic mass is 16.4. The summed E-state index contributed by atoms with van der Waals surface area (Å²) in [6, 6.07) is 10.5. The van der Waals surface area contributed by atoms with Crippen LogP contribution in [-0.4, -0.2) is 39.3 Å². The van der Waals surface area contributed by atoms with E-state index in [2.05, 4.69) is 5.10 Å². The van der Waals surface area contributed by atoms with Crippen LogP contribution in [0.3, 0.4) is 0 Å². The molecule has 2 rings (SSSR count). The second-order valence-corrected chi connectivity index (χ2v) is 4.40. The van der Waals surface area contributed by atoms with Crippen molar-refractivity contribution >= 4 is 5.97 Å². The third-order valence-corrected chi connectivity index (χ3v) is 3.03. The molecule has 5 nitrogen and oxygen atoms in total. The summed E-state index contributed by atoms with van der Waals surface area (Å²) in [7, 11) is 1.81.